The molecule has 0 atom stereocenters. The summed E-state index contributed by atoms with van der Waals surface area (Å²) in [6.07, 6.45) is -10.2. The highest BCUT2D eigenvalue weighted by molar-refractivity contribution is 5.47. The summed E-state index contributed by atoms with van der Waals surface area (Å²) in [5, 5.41) is 0. The first kappa shape index (κ1) is 15.5. The molecule has 0 radical (unpaired) electrons. The van der Waals surface area contributed by atoms with Crippen molar-refractivity contribution in [3.8, 4) is 11.5 Å². The van der Waals surface area contributed by atoms with Crippen LogP contribution in [0.25, 0.3) is 0 Å². The normalized spacial score (nSPS) is 12.4. The molecule has 0 spiro atoms. The number of ether oxygens (including phenoxy) is 2. The van der Waals surface area contributed by atoms with Gasteiger partial charge in [0.1, 0.15) is 17.1 Å². The van der Waals surface area contributed by atoms with Gasteiger partial charge in [-0.05, 0) is 31.5 Å². The number of hydrogen-bond donors (Lipinski definition) is 0. The quantitative estimate of drug-likeness (QED) is 0.771. The minimum atomic E-state index is -5.19. The van der Waals surface area contributed by atoms with Crippen LogP contribution in [0.4, 0.5) is 26.3 Å². The average molecular weight is 288 g/mol. The van der Waals surface area contributed by atoms with E-state index in [1.165, 1.54) is 6.92 Å². The minimum Gasteiger partial charge on any atom is -0.494 e. The van der Waals surface area contributed by atoms with Crippen molar-refractivity contribution in [2.24, 2.45) is 0 Å². The molecule has 0 N–H and O–H groups in total. The zero-order chi connectivity index (χ0) is 14.8. The molecule has 19 heavy (non-hydrogen) atoms. The first-order valence-corrected chi connectivity index (χ1v) is 5.15. The summed E-state index contributed by atoms with van der Waals surface area (Å²) in [4.78, 5) is 0. The van der Waals surface area contributed by atoms with Crippen LogP contribution in [-0.4, -0.2) is 13.0 Å². The van der Waals surface area contributed by atoms with Gasteiger partial charge >= 0.3 is 12.5 Å². The Labute approximate surface area is 104 Å². The predicted octanol–water partition coefficient (Wildman–Crippen LogP) is 4.31. The smallest absolute Gasteiger partial charge is 0.494 e. The molecule has 1 aromatic carbocycles. The largest absolute Gasteiger partial charge is 0.573 e. The van der Waals surface area contributed by atoms with Crippen LogP contribution < -0.4 is 9.47 Å². The van der Waals surface area contributed by atoms with Crippen molar-refractivity contribution in [1.82, 2.24) is 0 Å². The van der Waals surface area contributed by atoms with Crippen molar-refractivity contribution >= 4 is 0 Å². The van der Waals surface area contributed by atoms with Gasteiger partial charge in [-0.3, -0.25) is 0 Å². The molecule has 0 amide bonds. The van der Waals surface area contributed by atoms with Gasteiger partial charge in [0, 0.05) is 0 Å². The maximum absolute atomic E-state index is 12.7. The van der Waals surface area contributed by atoms with E-state index >= 15 is 0 Å². The molecule has 1 aromatic rings. The lowest BCUT2D eigenvalue weighted by atomic mass is 10.1. The molecule has 0 bridgehead atoms. The fourth-order valence-corrected chi connectivity index (χ4v) is 1.40. The molecule has 108 valence electrons. The third-order valence-electron chi connectivity index (χ3n) is 2.11. The molecule has 0 heterocycles. The van der Waals surface area contributed by atoms with Gasteiger partial charge in [-0.15, -0.1) is 13.2 Å². The monoisotopic (exact) mass is 288 g/mol. The van der Waals surface area contributed by atoms with E-state index in [1.807, 2.05) is 0 Å². The van der Waals surface area contributed by atoms with Crippen LogP contribution in [0, 0.1) is 6.92 Å². The Bertz CT molecular complexity index is 450. The van der Waals surface area contributed by atoms with Gasteiger partial charge in [0.25, 0.3) is 0 Å². The van der Waals surface area contributed by atoms with E-state index in [1.54, 1.807) is 6.92 Å². The third-order valence-corrected chi connectivity index (χ3v) is 2.11. The fraction of sp³-hybridized carbons (Fsp3) is 0.455. The van der Waals surface area contributed by atoms with Crippen molar-refractivity contribution in [2.75, 3.05) is 6.61 Å². The second-order valence-electron chi connectivity index (χ2n) is 3.59. The number of rotatable bonds is 3. The highest BCUT2D eigenvalue weighted by Crippen LogP contribution is 2.41. The summed E-state index contributed by atoms with van der Waals surface area (Å²) in [7, 11) is 0. The molecule has 0 saturated carbocycles. The van der Waals surface area contributed by atoms with Crippen LogP contribution in [-0.2, 0) is 6.18 Å². The minimum absolute atomic E-state index is 0.0949. The summed E-state index contributed by atoms with van der Waals surface area (Å²) in [6.45, 7) is 2.97. The van der Waals surface area contributed by atoms with Crippen LogP contribution >= 0.6 is 0 Å². The van der Waals surface area contributed by atoms with E-state index in [-0.39, 0.29) is 17.9 Å². The number of halogens is 6. The lowest BCUT2D eigenvalue weighted by molar-refractivity contribution is -0.276. The van der Waals surface area contributed by atoms with Crippen LogP contribution in [0.5, 0.6) is 11.5 Å². The molecule has 0 fully saturated rings. The lowest BCUT2D eigenvalue weighted by Gasteiger charge is -2.18. The highest BCUT2D eigenvalue weighted by Gasteiger charge is 2.40. The molecule has 0 aromatic heterocycles. The summed E-state index contributed by atoms with van der Waals surface area (Å²) in [6, 6.07) is 1.15. The standard InChI is InChI=1S/C11H10F6O2/c1-3-18-8-5-7(10(12,13)14)9(4-6(8)2)19-11(15,16)17/h4-5H,3H2,1-2H3. The van der Waals surface area contributed by atoms with Crippen molar-refractivity contribution < 1.29 is 35.8 Å². The molecule has 0 saturated heterocycles. The van der Waals surface area contributed by atoms with Crippen LogP contribution in [0.1, 0.15) is 18.1 Å². The van der Waals surface area contributed by atoms with E-state index in [4.69, 9.17) is 4.74 Å². The van der Waals surface area contributed by atoms with Gasteiger partial charge in [-0.25, -0.2) is 0 Å². The Hall–Kier alpha value is -1.60. The van der Waals surface area contributed by atoms with Gasteiger partial charge in [-0.1, -0.05) is 0 Å². The van der Waals surface area contributed by atoms with Crippen LogP contribution in [0.2, 0.25) is 0 Å². The molecule has 8 heteroatoms. The number of aryl methyl sites for hydroxylation is 1. The van der Waals surface area contributed by atoms with E-state index < -0.39 is 23.9 Å². The Balaban J connectivity index is 3.33. The topological polar surface area (TPSA) is 18.5 Å². The van der Waals surface area contributed by atoms with Crippen LogP contribution in [0.15, 0.2) is 12.1 Å². The van der Waals surface area contributed by atoms with E-state index in [0.717, 1.165) is 0 Å². The van der Waals surface area contributed by atoms with Gasteiger partial charge in [0.05, 0.1) is 6.61 Å². The van der Waals surface area contributed by atoms with E-state index in [9.17, 15) is 26.3 Å². The molecule has 0 unspecified atom stereocenters. The third kappa shape index (κ3) is 4.22. The van der Waals surface area contributed by atoms with Crippen molar-refractivity contribution in [3.05, 3.63) is 23.3 Å². The van der Waals surface area contributed by atoms with Crippen molar-refractivity contribution in [2.45, 2.75) is 26.4 Å². The summed E-state index contributed by atoms with van der Waals surface area (Å²) < 4.78 is 82.5. The number of benzene rings is 1. The molecule has 0 aliphatic heterocycles. The molecule has 0 aliphatic carbocycles. The summed E-state index contributed by atoms with van der Waals surface area (Å²) >= 11 is 0. The Morgan fingerprint density at radius 3 is 2.00 bits per heavy atom. The number of alkyl halides is 6. The molecule has 0 aliphatic rings. The number of hydrogen-bond acceptors (Lipinski definition) is 2. The van der Waals surface area contributed by atoms with Crippen molar-refractivity contribution in [1.29, 1.82) is 0 Å². The van der Waals surface area contributed by atoms with Gasteiger partial charge in [0.15, 0.2) is 0 Å². The zero-order valence-corrected chi connectivity index (χ0v) is 9.95. The van der Waals surface area contributed by atoms with E-state index in [2.05, 4.69) is 4.74 Å². The Morgan fingerprint density at radius 2 is 1.58 bits per heavy atom. The zero-order valence-electron chi connectivity index (χ0n) is 9.95. The van der Waals surface area contributed by atoms with Gasteiger partial charge in [0.2, 0.25) is 0 Å². The summed E-state index contributed by atoms with van der Waals surface area (Å²) in [5.41, 5.74) is -1.41. The Morgan fingerprint density at radius 1 is 1.00 bits per heavy atom. The second kappa shape index (κ2) is 5.18. The van der Waals surface area contributed by atoms with Crippen LogP contribution in [0.3, 0.4) is 0 Å². The van der Waals surface area contributed by atoms with E-state index in [0.29, 0.717) is 12.1 Å². The SMILES string of the molecule is CCOc1cc(C(F)(F)F)c(OC(F)(F)F)cc1C. The molecule has 2 nitrogen and oxygen atoms in total. The maximum atomic E-state index is 12.7. The van der Waals surface area contributed by atoms with Crippen molar-refractivity contribution in [3.63, 3.8) is 0 Å². The van der Waals surface area contributed by atoms with Gasteiger partial charge in [-0.2, -0.15) is 13.2 Å². The Kier molecular flexibility index (Phi) is 4.21. The predicted molar refractivity (Wildman–Crippen MR) is 54.0 cm³/mol. The first-order valence-electron chi connectivity index (χ1n) is 5.15. The van der Waals surface area contributed by atoms with Gasteiger partial charge < -0.3 is 9.47 Å². The molecular weight excluding hydrogens is 278 g/mol. The highest BCUT2D eigenvalue weighted by atomic mass is 19.4. The fourth-order valence-electron chi connectivity index (χ4n) is 1.40. The first-order chi connectivity index (χ1) is 8.54. The second-order valence-corrected chi connectivity index (χ2v) is 3.59. The molecule has 1 rings (SSSR count). The average Bonchev–Trinajstić information content (AvgIpc) is 2.17. The molecular formula is C11H10F6O2. The maximum Gasteiger partial charge on any atom is 0.573 e. The lowest BCUT2D eigenvalue weighted by Crippen LogP contribution is -2.20. The summed E-state index contributed by atoms with van der Waals surface area (Å²) in [5.74, 6) is -1.43.